The molecule has 0 atom stereocenters. The van der Waals surface area contributed by atoms with Crippen LogP contribution in [0.5, 0.6) is 0 Å². The van der Waals surface area contributed by atoms with E-state index < -0.39 is 0 Å². The molecule has 1 aliphatic heterocycles. The number of piperidine rings is 1. The van der Waals surface area contributed by atoms with Crippen LogP contribution in [0.2, 0.25) is 0 Å². The summed E-state index contributed by atoms with van der Waals surface area (Å²) in [5.41, 5.74) is 0.107. The zero-order valence-electron chi connectivity index (χ0n) is 10.2. The van der Waals surface area contributed by atoms with Crippen molar-refractivity contribution in [2.24, 2.45) is 0 Å². The highest BCUT2D eigenvalue weighted by molar-refractivity contribution is 5.92. The summed E-state index contributed by atoms with van der Waals surface area (Å²) in [6, 6.07) is 0. The number of hydrogen-bond donors (Lipinski definition) is 3. The average molecular weight is 238 g/mol. The molecule has 1 aromatic rings. The predicted molar refractivity (Wildman–Crippen MR) is 64.0 cm³/mol. The summed E-state index contributed by atoms with van der Waals surface area (Å²) in [7, 11) is 1.95. The van der Waals surface area contributed by atoms with Crippen molar-refractivity contribution in [3.8, 4) is 0 Å². The first-order chi connectivity index (χ1) is 8.04. The first-order valence-corrected chi connectivity index (χ1v) is 5.80. The minimum Gasteiger partial charge on any atom is -0.337 e. The Hall–Kier alpha value is -1.56. The maximum atomic E-state index is 12.0. The molecular weight excluding hydrogens is 220 g/mol. The molecule has 0 unspecified atom stereocenters. The van der Waals surface area contributed by atoms with Crippen molar-refractivity contribution in [2.45, 2.75) is 25.3 Å². The SMILES string of the molecule is CNC1(C)CCN(C(=O)c2c[nH]c(=O)[nH]2)CC1. The van der Waals surface area contributed by atoms with Gasteiger partial charge in [0.25, 0.3) is 5.91 Å². The quantitative estimate of drug-likeness (QED) is 0.674. The Morgan fingerprint density at radius 1 is 1.47 bits per heavy atom. The smallest absolute Gasteiger partial charge is 0.323 e. The van der Waals surface area contributed by atoms with Gasteiger partial charge in [0.2, 0.25) is 0 Å². The molecule has 1 aliphatic rings. The normalized spacial score (nSPS) is 19.3. The average Bonchev–Trinajstić information content (AvgIpc) is 2.76. The van der Waals surface area contributed by atoms with Crippen molar-refractivity contribution in [1.82, 2.24) is 20.2 Å². The number of hydrogen-bond acceptors (Lipinski definition) is 3. The molecule has 1 amide bonds. The maximum absolute atomic E-state index is 12.0. The van der Waals surface area contributed by atoms with Crippen LogP contribution in [0.4, 0.5) is 0 Å². The molecule has 0 aliphatic carbocycles. The highest BCUT2D eigenvalue weighted by atomic mass is 16.2. The number of imidazole rings is 1. The summed E-state index contributed by atoms with van der Waals surface area (Å²) >= 11 is 0. The lowest BCUT2D eigenvalue weighted by Gasteiger charge is -2.39. The van der Waals surface area contributed by atoms with E-state index in [0.29, 0.717) is 18.8 Å². The number of carbonyl (C=O) groups is 1. The van der Waals surface area contributed by atoms with Crippen LogP contribution in [0.3, 0.4) is 0 Å². The van der Waals surface area contributed by atoms with Gasteiger partial charge in [-0.1, -0.05) is 0 Å². The zero-order chi connectivity index (χ0) is 12.5. The number of H-pyrrole nitrogens is 2. The number of carbonyl (C=O) groups excluding carboxylic acids is 1. The molecule has 0 bridgehead atoms. The van der Waals surface area contributed by atoms with E-state index in [2.05, 4.69) is 22.2 Å². The van der Waals surface area contributed by atoms with Crippen molar-refractivity contribution < 1.29 is 4.79 Å². The van der Waals surface area contributed by atoms with Crippen molar-refractivity contribution in [3.63, 3.8) is 0 Å². The highest BCUT2D eigenvalue weighted by Crippen LogP contribution is 2.21. The summed E-state index contributed by atoms with van der Waals surface area (Å²) in [5.74, 6) is -0.110. The molecule has 6 heteroatoms. The number of aromatic nitrogens is 2. The van der Waals surface area contributed by atoms with Gasteiger partial charge < -0.3 is 20.2 Å². The molecule has 3 N–H and O–H groups in total. The molecule has 1 saturated heterocycles. The molecule has 2 rings (SSSR count). The Labute approximate surface area is 99.4 Å². The lowest BCUT2D eigenvalue weighted by atomic mass is 9.90. The Bertz CT molecular complexity index is 454. The fraction of sp³-hybridized carbons (Fsp3) is 0.636. The van der Waals surface area contributed by atoms with Crippen molar-refractivity contribution >= 4 is 5.91 Å². The van der Waals surface area contributed by atoms with Crippen LogP contribution in [-0.2, 0) is 0 Å². The molecule has 0 radical (unpaired) electrons. The van der Waals surface area contributed by atoms with Gasteiger partial charge in [-0.3, -0.25) is 4.79 Å². The van der Waals surface area contributed by atoms with Crippen LogP contribution in [0.15, 0.2) is 11.0 Å². The fourth-order valence-corrected chi connectivity index (χ4v) is 2.07. The molecule has 6 nitrogen and oxygen atoms in total. The predicted octanol–water partition coefficient (Wildman–Crippen LogP) is -0.0829. The Kier molecular flexibility index (Phi) is 3.06. The van der Waals surface area contributed by atoms with Gasteiger partial charge in [0.1, 0.15) is 5.69 Å². The summed E-state index contributed by atoms with van der Waals surface area (Å²) < 4.78 is 0. The minimum atomic E-state index is -0.342. The number of aromatic amines is 2. The van der Waals surface area contributed by atoms with E-state index >= 15 is 0 Å². The van der Waals surface area contributed by atoms with E-state index in [1.165, 1.54) is 6.20 Å². The highest BCUT2D eigenvalue weighted by Gasteiger charge is 2.30. The van der Waals surface area contributed by atoms with Crippen LogP contribution in [0, 0.1) is 0 Å². The molecule has 17 heavy (non-hydrogen) atoms. The lowest BCUT2D eigenvalue weighted by molar-refractivity contribution is 0.0656. The van der Waals surface area contributed by atoms with Crippen LogP contribution in [-0.4, -0.2) is 46.5 Å². The van der Waals surface area contributed by atoms with Gasteiger partial charge in [-0.05, 0) is 26.8 Å². The second-order valence-corrected chi connectivity index (χ2v) is 4.76. The largest absolute Gasteiger partial charge is 0.337 e. The number of rotatable bonds is 2. The zero-order valence-corrected chi connectivity index (χ0v) is 10.2. The van der Waals surface area contributed by atoms with Crippen LogP contribution < -0.4 is 11.0 Å². The van der Waals surface area contributed by atoms with Crippen molar-refractivity contribution in [3.05, 3.63) is 22.4 Å². The fourth-order valence-electron chi connectivity index (χ4n) is 2.07. The van der Waals surface area contributed by atoms with Crippen LogP contribution in [0.1, 0.15) is 30.3 Å². The molecule has 0 aromatic carbocycles. The third-order valence-corrected chi connectivity index (χ3v) is 3.58. The van der Waals surface area contributed by atoms with Gasteiger partial charge in [-0.25, -0.2) is 4.79 Å². The maximum Gasteiger partial charge on any atom is 0.323 e. The van der Waals surface area contributed by atoms with Crippen LogP contribution in [0.25, 0.3) is 0 Å². The summed E-state index contributed by atoms with van der Waals surface area (Å²) in [5, 5.41) is 3.28. The monoisotopic (exact) mass is 238 g/mol. The molecular formula is C11H18N4O2. The van der Waals surface area contributed by atoms with E-state index in [9.17, 15) is 9.59 Å². The van der Waals surface area contributed by atoms with Crippen molar-refractivity contribution in [2.75, 3.05) is 20.1 Å². The number of nitrogens with one attached hydrogen (secondary N) is 3. The second-order valence-electron chi connectivity index (χ2n) is 4.76. The second kappa shape index (κ2) is 4.37. The third kappa shape index (κ3) is 2.41. The molecule has 2 heterocycles. The van der Waals surface area contributed by atoms with Gasteiger partial charge in [0.05, 0.1) is 0 Å². The van der Waals surface area contributed by atoms with E-state index in [4.69, 9.17) is 0 Å². The van der Waals surface area contributed by atoms with E-state index in [-0.39, 0.29) is 17.1 Å². The first-order valence-electron chi connectivity index (χ1n) is 5.80. The van der Waals surface area contributed by atoms with Gasteiger partial charge in [-0.15, -0.1) is 0 Å². The minimum absolute atomic E-state index is 0.110. The van der Waals surface area contributed by atoms with E-state index in [1.807, 2.05) is 7.05 Å². The van der Waals surface area contributed by atoms with E-state index in [0.717, 1.165) is 12.8 Å². The molecule has 0 saturated carbocycles. The topological polar surface area (TPSA) is 81.0 Å². The molecule has 1 aromatic heterocycles. The van der Waals surface area contributed by atoms with Gasteiger partial charge in [-0.2, -0.15) is 0 Å². The van der Waals surface area contributed by atoms with Gasteiger partial charge in [0.15, 0.2) is 0 Å². The number of amides is 1. The summed E-state index contributed by atoms with van der Waals surface area (Å²) in [6.07, 6.45) is 3.27. The first kappa shape index (κ1) is 11.9. The Morgan fingerprint density at radius 3 is 2.59 bits per heavy atom. The molecule has 0 spiro atoms. The summed E-state index contributed by atoms with van der Waals surface area (Å²) in [6.45, 7) is 3.58. The Morgan fingerprint density at radius 2 is 2.12 bits per heavy atom. The number of nitrogens with zero attached hydrogens (tertiary/aromatic N) is 1. The molecule has 94 valence electrons. The van der Waals surface area contributed by atoms with Gasteiger partial charge >= 0.3 is 5.69 Å². The van der Waals surface area contributed by atoms with E-state index in [1.54, 1.807) is 4.90 Å². The van der Waals surface area contributed by atoms with Gasteiger partial charge in [0, 0.05) is 24.8 Å². The van der Waals surface area contributed by atoms with Crippen LogP contribution >= 0.6 is 0 Å². The van der Waals surface area contributed by atoms with Crippen molar-refractivity contribution in [1.29, 1.82) is 0 Å². The lowest BCUT2D eigenvalue weighted by Crippen LogP contribution is -2.51. The molecule has 1 fully saturated rings. The standard InChI is InChI=1S/C11H18N4O2/c1-11(12-2)3-5-15(6-4-11)9(16)8-7-13-10(17)14-8/h7,12H,3-6H2,1-2H3,(H2,13,14,17). The summed E-state index contributed by atoms with van der Waals surface area (Å²) in [4.78, 5) is 29.7. The Balaban J connectivity index is 2.02. The third-order valence-electron chi connectivity index (χ3n) is 3.58. The number of likely N-dealkylation sites (tertiary alicyclic amines) is 1.